The second kappa shape index (κ2) is 16.9. The third kappa shape index (κ3) is 8.85. The number of halogens is 1. The van der Waals surface area contributed by atoms with Crippen molar-refractivity contribution in [1.82, 2.24) is 38.2 Å². The Labute approximate surface area is 337 Å². The topological polar surface area (TPSA) is 126 Å². The Morgan fingerprint density at radius 2 is 1.70 bits per heavy atom. The lowest BCUT2D eigenvalue weighted by Gasteiger charge is -2.54. The number of rotatable bonds is 13. The number of piperazine rings is 1. The quantitative estimate of drug-likeness (QED) is 0.275. The molecule has 57 heavy (non-hydrogen) atoms. The van der Waals surface area contributed by atoms with Gasteiger partial charge >= 0.3 is 0 Å². The highest BCUT2D eigenvalue weighted by Crippen LogP contribution is 2.45. The zero-order chi connectivity index (χ0) is 40.6. The Balaban J connectivity index is 0.877. The molecule has 0 radical (unpaired) electrons. The van der Waals surface area contributed by atoms with Gasteiger partial charge in [0.1, 0.15) is 17.9 Å². The number of ether oxygens (including phenoxy) is 1. The molecule has 16 heteroatoms. The SMILES string of the molecule is CC(C)N(C(=O)c1cc(F)ccc1Oc1cncnc1N1CC2(CCN(CC3CCN(S(=O)(=O)N4C[C@@H]5C[C@H]4CN5C(=O)/C=C/CN(C)C)CC3)CC2)C1)C(C)C. The van der Waals surface area contributed by atoms with Gasteiger partial charge in [0.15, 0.2) is 11.6 Å². The second-order valence-corrected chi connectivity index (χ2v) is 19.5. The van der Waals surface area contributed by atoms with Crippen LogP contribution in [-0.4, -0.2) is 162 Å². The van der Waals surface area contributed by atoms with Crippen LogP contribution in [0.5, 0.6) is 11.5 Å². The number of hydrogen-bond donors (Lipinski definition) is 0. The van der Waals surface area contributed by atoms with Gasteiger partial charge in [0.2, 0.25) is 5.91 Å². The van der Waals surface area contributed by atoms with Crippen LogP contribution in [0.4, 0.5) is 10.2 Å². The zero-order valence-electron chi connectivity index (χ0n) is 34.4. The summed E-state index contributed by atoms with van der Waals surface area (Å²) in [5, 5.41) is 0. The minimum Gasteiger partial charge on any atom is -0.451 e. The van der Waals surface area contributed by atoms with E-state index in [1.165, 1.54) is 24.5 Å². The van der Waals surface area contributed by atoms with Gasteiger partial charge in [-0.2, -0.15) is 17.0 Å². The predicted octanol–water partition coefficient (Wildman–Crippen LogP) is 3.93. The van der Waals surface area contributed by atoms with E-state index in [0.29, 0.717) is 56.6 Å². The molecule has 0 saturated carbocycles. The Kier molecular flexibility index (Phi) is 12.3. The average molecular weight is 810 g/mol. The maximum Gasteiger partial charge on any atom is 0.282 e. The van der Waals surface area contributed by atoms with Gasteiger partial charge in [0, 0.05) is 88.0 Å². The molecule has 5 saturated heterocycles. The summed E-state index contributed by atoms with van der Waals surface area (Å²) in [5.74, 6) is 0.981. The van der Waals surface area contributed by atoms with Gasteiger partial charge in [0.05, 0.1) is 11.8 Å². The highest BCUT2D eigenvalue weighted by atomic mass is 32.2. The Morgan fingerprint density at radius 3 is 2.33 bits per heavy atom. The molecule has 312 valence electrons. The lowest BCUT2D eigenvalue weighted by atomic mass is 9.72. The average Bonchev–Trinajstić information content (AvgIpc) is 3.78. The smallest absolute Gasteiger partial charge is 0.282 e. The molecule has 0 N–H and O–H groups in total. The first-order valence-electron chi connectivity index (χ1n) is 20.6. The maximum atomic E-state index is 14.4. The highest BCUT2D eigenvalue weighted by molar-refractivity contribution is 7.86. The molecule has 5 fully saturated rings. The zero-order valence-corrected chi connectivity index (χ0v) is 35.2. The molecular formula is C41H60FN9O5S. The van der Waals surface area contributed by atoms with E-state index in [2.05, 4.69) is 19.8 Å². The lowest BCUT2D eigenvalue weighted by Crippen LogP contribution is -2.61. The molecule has 5 aliphatic rings. The van der Waals surface area contributed by atoms with Gasteiger partial charge in [-0.1, -0.05) is 6.08 Å². The summed E-state index contributed by atoms with van der Waals surface area (Å²) in [6, 6.07) is 3.67. The van der Waals surface area contributed by atoms with E-state index in [0.717, 1.165) is 58.4 Å². The Morgan fingerprint density at radius 1 is 1.00 bits per heavy atom. The van der Waals surface area contributed by atoms with E-state index in [4.69, 9.17) is 4.74 Å². The third-order valence-corrected chi connectivity index (χ3v) is 14.6. The van der Waals surface area contributed by atoms with E-state index < -0.39 is 16.0 Å². The molecule has 1 spiro atoms. The van der Waals surface area contributed by atoms with Crippen LogP contribution >= 0.6 is 0 Å². The number of carbonyl (C=O) groups is 2. The van der Waals surface area contributed by atoms with Crippen molar-refractivity contribution in [2.75, 3.05) is 84.4 Å². The summed E-state index contributed by atoms with van der Waals surface area (Å²) >= 11 is 0. The Hall–Kier alpha value is -3.70. The number of benzene rings is 1. The standard InChI is InChI=1S/C41H60FN9O5S/c1-29(2)51(30(3)4)40(53)35-20-32(42)9-10-36(35)56-37-22-43-28-44-39(37)47-26-41(27-47)13-18-46(19-14-41)23-31-11-16-48(17-12-31)57(54,55)50-25-33-21-34(50)24-49(33)38(52)8-7-15-45(5)6/h7-10,20,22,28-31,33-34H,11-19,21,23-27H2,1-6H3/b8-7+/t33-,34-/m0/s1. The predicted molar refractivity (Wildman–Crippen MR) is 217 cm³/mol. The second-order valence-electron chi connectivity index (χ2n) is 17.6. The normalized spacial score (nSPS) is 23.4. The number of anilines is 1. The van der Waals surface area contributed by atoms with Gasteiger partial charge in [-0.05, 0) is 111 Å². The number of fused-ring (bicyclic) bond motifs is 2. The van der Waals surface area contributed by atoms with Crippen LogP contribution in [0.2, 0.25) is 0 Å². The van der Waals surface area contributed by atoms with Gasteiger partial charge in [-0.3, -0.25) is 9.59 Å². The molecule has 0 unspecified atom stereocenters. The van der Waals surface area contributed by atoms with Crippen LogP contribution in [0.25, 0.3) is 0 Å². The fourth-order valence-electron chi connectivity index (χ4n) is 9.62. The summed E-state index contributed by atoms with van der Waals surface area (Å²) in [7, 11) is 0.338. The molecule has 2 amide bonds. The minimum atomic E-state index is -3.57. The molecule has 7 rings (SSSR count). The van der Waals surface area contributed by atoms with Crippen molar-refractivity contribution in [3.8, 4) is 11.5 Å². The molecule has 1 aromatic carbocycles. The first-order chi connectivity index (χ1) is 27.1. The maximum absolute atomic E-state index is 14.4. The van der Waals surface area contributed by atoms with Crippen molar-refractivity contribution < 1.29 is 27.1 Å². The van der Waals surface area contributed by atoms with Gasteiger partial charge in [-0.25, -0.2) is 14.4 Å². The fourth-order valence-corrected chi connectivity index (χ4v) is 11.5. The van der Waals surface area contributed by atoms with Crippen molar-refractivity contribution in [1.29, 1.82) is 0 Å². The molecule has 2 bridgehead atoms. The first kappa shape index (κ1) is 41.5. The number of piperidine rings is 2. The van der Waals surface area contributed by atoms with Gasteiger partial charge in [-0.15, -0.1) is 0 Å². The van der Waals surface area contributed by atoms with E-state index in [9.17, 15) is 22.4 Å². The summed E-state index contributed by atoms with van der Waals surface area (Å²) in [4.78, 5) is 45.5. The van der Waals surface area contributed by atoms with Crippen LogP contribution in [-0.2, 0) is 15.0 Å². The molecule has 0 aliphatic carbocycles. The molecule has 5 aliphatic heterocycles. The van der Waals surface area contributed by atoms with Crippen LogP contribution in [0.3, 0.4) is 0 Å². The summed E-state index contributed by atoms with van der Waals surface area (Å²) in [6.07, 6.45) is 11.1. The van der Waals surface area contributed by atoms with Crippen LogP contribution in [0, 0.1) is 17.2 Å². The van der Waals surface area contributed by atoms with Crippen molar-refractivity contribution in [2.45, 2.75) is 84.0 Å². The largest absolute Gasteiger partial charge is 0.451 e. The molecular weight excluding hydrogens is 750 g/mol. The number of carbonyl (C=O) groups excluding carboxylic acids is 2. The molecule has 1 aromatic heterocycles. The molecule has 2 aromatic rings. The minimum absolute atomic E-state index is 0.0300. The van der Waals surface area contributed by atoms with Crippen LogP contribution in [0.15, 0.2) is 42.9 Å². The van der Waals surface area contributed by atoms with Crippen molar-refractivity contribution in [2.24, 2.45) is 11.3 Å². The van der Waals surface area contributed by atoms with E-state index in [-0.39, 0.29) is 52.7 Å². The summed E-state index contributed by atoms with van der Waals surface area (Å²) in [6.45, 7) is 15.0. The molecule has 2 atom stereocenters. The summed E-state index contributed by atoms with van der Waals surface area (Å²) in [5.41, 5.74) is 0.343. The molecule has 14 nitrogen and oxygen atoms in total. The van der Waals surface area contributed by atoms with Crippen LogP contribution < -0.4 is 9.64 Å². The first-order valence-corrected chi connectivity index (χ1v) is 22.0. The number of amides is 2. The van der Waals surface area contributed by atoms with Crippen molar-refractivity contribution >= 4 is 27.8 Å². The lowest BCUT2D eigenvalue weighted by molar-refractivity contribution is -0.127. The monoisotopic (exact) mass is 809 g/mol. The van der Waals surface area contributed by atoms with E-state index in [1.54, 1.807) is 25.8 Å². The number of nitrogens with zero attached hydrogens (tertiary/aromatic N) is 9. The number of aromatic nitrogens is 2. The van der Waals surface area contributed by atoms with E-state index >= 15 is 0 Å². The van der Waals surface area contributed by atoms with E-state index in [1.807, 2.05) is 57.7 Å². The van der Waals surface area contributed by atoms with Crippen molar-refractivity contribution in [3.05, 3.63) is 54.3 Å². The summed E-state index contributed by atoms with van der Waals surface area (Å²) < 4.78 is 51.6. The number of likely N-dealkylation sites (tertiary alicyclic amines) is 2. The van der Waals surface area contributed by atoms with Gasteiger partial charge < -0.3 is 29.2 Å². The van der Waals surface area contributed by atoms with Gasteiger partial charge in [0.25, 0.3) is 16.1 Å². The Bertz CT molecular complexity index is 1900. The number of likely N-dealkylation sites (N-methyl/N-ethyl adjacent to an activating group) is 1. The molecule has 6 heterocycles. The highest BCUT2D eigenvalue weighted by Gasteiger charge is 2.51. The van der Waals surface area contributed by atoms with Crippen LogP contribution in [0.1, 0.15) is 70.2 Å². The fraction of sp³-hybridized carbons (Fsp3) is 0.659. The third-order valence-electron chi connectivity index (χ3n) is 12.6. The number of hydrogen-bond acceptors (Lipinski definition) is 10. The van der Waals surface area contributed by atoms with Crippen molar-refractivity contribution in [3.63, 3.8) is 0 Å².